The molecule has 3 aliphatic heterocycles. The smallest absolute Gasteiger partial charge is 0.319 e. The maximum Gasteiger partial charge on any atom is 0.319 e. The van der Waals surface area contributed by atoms with Crippen LogP contribution in [-0.2, 0) is 35.2 Å². The summed E-state index contributed by atoms with van der Waals surface area (Å²) in [6.07, 6.45) is 2.22. The average molecular weight is 814 g/mol. The predicted molar refractivity (Wildman–Crippen MR) is 220 cm³/mol. The molecule has 8 atom stereocenters. The summed E-state index contributed by atoms with van der Waals surface area (Å²) in [7, 11) is 0. The Balaban J connectivity index is 1.14. The van der Waals surface area contributed by atoms with E-state index in [0.717, 1.165) is 22.3 Å². The monoisotopic (exact) mass is 813 g/mol. The first-order valence-corrected chi connectivity index (χ1v) is 20.9. The van der Waals surface area contributed by atoms with Crippen molar-refractivity contribution in [2.24, 2.45) is 5.92 Å². The second-order valence-electron chi connectivity index (χ2n) is 17.3. The third-order valence-electron chi connectivity index (χ3n) is 12.1. The Kier molecular flexibility index (Phi) is 13.1. The molecule has 5 N–H and O–H groups in total. The standard InChI is InChI=1S/C44H59N7O8/c1-25-12-14-32(15-13-25)46-43(59)47-33(21-31-19-26(2)18-27(3)20-31)38(54)48-37(30(6)52)42(58)50-17-9-11-35(50)41(57)49-16-8-7-10-34(49)39(55)45-29(5)40(56)51-24-28(4)22-44(51)23-36(44)53/h12-15,18-20,28-30,33-35,37,52H,7-11,16-17,21-24H2,1-6H3,(H,45,55)(H,48,54)(H2,46,47,59)/t28-,29+,30+,33+,34+,35+,37+,44-/m1/s1. The topological polar surface area (TPSA) is 198 Å². The molecule has 318 valence electrons. The molecule has 7 amide bonds. The average Bonchev–Trinajstić information content (AvgIpc) is 3.46. The Labute approximate surface area is 346 Å². The van der Waals surface area contributed by atoms with Crippen molar-refractivity contribution in [3.63, 3.8) is 0 Å². The van der Waals surface area contributed by atoms with Crippen molar-refractivity contribution in [2.45, 2.75) is 135 Å². The molecule has 15 heteroatoms. The van der Waals surface area contributed by atoms with Crippen molar-refractivity contribution >= 4 is 47.0 Å². The lowest BCUT2D eigenvalue weighted by Gasteiger charge is -2.39. The van der Waals surface area contributed by atoms with Gasteiger partial charge in [-0.05, 0) is 96.8 Å². The van der Waals surface area contributed by atoms with E-state index < -0.39 is 71.5 Å². The number of aliphatic hydroxyl groups excluding tert-OH is 1. The van der Waals surface area contributed by atoms with Gasteiger partial charge in [-0.3, -0.25) is 28.8 Å². The minimum Gasteiger partial charge on any atom is -0.391 e. The number of hydrogen-bond acceptors (Lipinski definition) is 8. The second kappa shape index (κ2) is 17.9. The van der Waals surface area contributed by atoms with E-state index in [1.165, 1.54) is 16.7 Å². The molecule has 0 unspecified atom stereocenters. The van der Waals surface area contributed by atoms with Crippen LogP contribution in [0.5, 0.6) is 0 Å². The zero-order valence-corrected chi connectivity index (χ0v) is 35.0. The quantitative estimate of drug-likeness (QED) is 0.216. The molecule has 6 rings (SSSR count). The van der Waals surface area contributed by atoms with Crippen LogP contribution in [0, 0.1) is 26.7 Å². The summed E-state index contributed by atoms with van der Waals surface area (Å²) in [5, 5.41) is 21.9. The van der Waals surface area contributed by atoms with Crippen molar-refractivity contribution in [3.05, 3.63) is 64.7 Å². The maximum atomic E-state index is 14.3. The van der Waals surface area contributed by atoms with Gasteiger partial charge in [-0.2, -0.15) is 0 Å². The third kappa shape index (κ3) is 9.77. The van der Waals surface area contributed by atoms with Crippen molar-refractivity contribution in [2.75, 3.05) is 25.0 Å². The highest BCUT2D eigenvalue weighted by molar-refractivity contribution is 6.09. The number of carbonyl (C=O) groups is 7. The van der Waals surface area contributed by atoms with Gasteiger partial charge in [0.2, 0.25) is 29.5 Å². The molecular weight excluding hydrogens is 755 g/mol. The van der Waals surface area contributed by atoms with Gasteiger partial charge in [0.25, 0.3) is 0 Å². The maximum absolute atomic E-state index is 14.3. The lowest BCUT2D eigenvalue weighted by molar-refractivity contribution is -0.152. The highest BCUT2D eigenvalue weighted by Crippen LogP contribution is 2.48. The van der Waals surface area contributed by atoms with Gasteiger partial charge in [-0.25, -0.2) is 4.79 Å². The first-order chi connectivity index (χ1) is 28.0. The fourth-order valence-electron chi connectivity index (χ4n) is 9.16. The van der Waals surface area contributed by atoms with Gasteiger partial charge in [0.05, 0.1) is 6.10 Å². The summed E-state index contributed by atoms with van der Waals surface area (Å²) in [6.45, 7) is 11.7. The van der Waals surface area contributed by atoms with E-state index in [-0.39, 0.29) is 37.1 Å². The zero-order chi connectivity index (χ0) is 42.8. The van der Waals surface area contributed by atoms with Gasteiger partial charge in [-0.1, -0.05) is 53.9 Å². The normalized spacial score (nSPS) is 24.6. The molecule has 0 bridgehead atoms. The molecule has 59 heavy (non-hydrogen) atoms. The van der Waals surface area contributed by atoms with Crippen LogP contribution >= 0.6 is 0 Å². The number of hydrogen-bond donors (Lipinski definition) is 5. The molecule has 15 nitrogen and oxygen atoms in total. The molecule has 1 saturated carbocycles. The molecule has 4 aliphatic rings. The molecule has 3 saturated heterocycles. The number of amides is 7. The van der Waals surface area contributed by atoms with Crippen LogP contribution in [0.1, 0.15) is 88.0 Å². The van der Waals surface area contributed by atoms with Crippen molar-refractivity contribution in [1.82, 2.24) is 30.7 Å². The zero-order valence-electron chi connectivity index (χ0n) is 35.0. The first kappa shape index (κ1) is 43.3. The predicted octanol–water partition coefficient (Wildman–Crippen LogP) is 2.67. The number of nitrogens with zero attached hydrogens (tertiary/aromatic N) is 3. The molecule has 1 aliphatic carbocycles. The van der Waals surface area contributed by atoms with Gasteiger partial charge in [0, 0.05) is 38.2 Å². The summed E-state index contributed by atoms with van der Waals surface area (Å²) >= 11 is 0. The molecule has 1 spiro atoms. The number of aliphatic hydroxyl groups is 1. The second-order valence-corrected chi connectivity index (χ2v) is 17.3. The van der Waals surface area contributed by atoms with Crippen molar-refractivity contribution in [1.29, 1.82) is 0 Å². The van der Waals surface area contributed by atoms with E-state index in [2.05, 4.69) is 21.3 Å². The molecule has 3 heterocycles. The Morgan fingerprint density at radius 3 is 2.10 bits per heavy atom. The van der Waals surface area contributed by atoms with Crippen LogP contribution in [0.4, 0.5) is 10.5 Å². The Morgan fingerprint density at radius 2 is 1.46 bits per heavy atom. The number of Topliss-reactive ketones (excluding diaryl/α,β-unsaturated/α-hetero) is 1. The molecule has 2 aromatic carbocycles. The number of aryl methyl sites for hydroxylation is 3. The van der Waals surface area contributed by atoms with Crippen LogP contribution < -0.4 is 21.3 Å². The number of urea groups is 1. The van der Waals surface area contributed by atoms with Crippen LogP contribution in [-0.4, -0.2) is 123 Å². The summed E-state index contributed by atoms with van der Waals surface area (Å²) in [6, 6.07) is 7.07. The third-order valence-corrected chi connectivity index (χ3v) is 12.1. The number of piperidine rings is 1. The van der Waals surface area contributed by atoms with E-state index in [1.807, 2.05) is 58.0 Å². The van der Waals surface area contributed by atoms with E-state index >= 15 is 0 Å². The fraction of sp³-hybridized carbons (Fsp3) is 0.568. The molecule has 4 fully saturated rings. The number of nitrogens with one attached hydrogen (secondary N) is 4. The van der Waals surface area contributed by atoms with Gasteiger partial charge < -0.3 is 41.1 Å². The fourth-order valence-corrected chi connectivity index (χ4v) is 9.16. The Hall–Kier alpha value is -5.31. The lowest BCUT2D eigenvalue weighted by Crippen LogP contribution is -2.62. The van der Waals surface area contributed by atoms with Gasteiger partial charge in [0.15, 0.2) is 5.78 Å². The molecule has 0 aromatic heterocycles. The number of rotatable bonds is 12. The number of anilines is 1. The van der Waals surface area contributed by atoms with Gasteiger partial charge in [0.1, 0.15) is 35.7 Å². The minimum absolute atomic E-state index is 0.0425. The van der Waals surface area contributed by atoms with E-state index in [4.69, 9.17) is 0 Å². The van der Waals surface area contributed by atoms with Crippen LogP contribution in [0.2, 0.25) is 0 Å². The Morgan fingerprint density at radius 1 is 0.814 bits per heavy atom. The van der Waals surface area contributed by atoms with Gasteiger partial charge >= 0.3 is 6.03 Å². The van der Waals surface area contributed by atoms with Gasteiger partial charge in [-0.15, -0.1) is 0 Å². The number of carbonyl (C=O) groups excluding carboxylic acids is 7. The molecule has 0 radical (unpaired) electrons. The summed E-state index contributed by atoms with van der Waals surface area (Å²) in [5.74, 6) is -2.33. The number of benzene rings is 2. The summed E-state index contributed by atoms with van der Waals surface area (Å²) < 4.78 is 0. The Bertz CT molecular complexity index is 1950. The number of likely N-dealkylation sites (tertiary alicyclic amines) is 3. The SMILES string of the molecule is Cc1ccc(NC(=O)N[C@@H](Cc2cc(C)cc(C)c2)C(=O)N[C@H](C(=O)N2CCC[C@H]2C(=O)N2CCCC[C@H]2C(=O)N[C@@H](C)C(=O)N2C[C@H](C)C[C@]23CC3=O)[C@H](C)O)cc1. The molecular formula is C44H59N7O8. The first-order valence-electron chi connectivity index (χ1n) is 20.9. The highest BCUT2D eigenvalue weighted by atomic mass is 16.3. The lowest BCUT2D eigenvalue weighted by atomic mass is 9.99. The van der Waals surface area contributed by atoms with E-state index in [9.17, 15) is 38.7 Å². The highest BCUT2D eigenvalue weighted by Gasteiger charge is 2.63. The van der Waals surface area contributed by atoms with Crippen molar-refractivity contribution < 1.29 is 38.7 Å². The largest absolute Gasteiger partial charge is 0.391 e. The van der Waals surface area contributed by atoms with Crippen LogP contribution in [0.3, 0.4) is 0 Å². The number of ketones is 1. The summed E-state index contributed by atoms with van der Waals surface area (Å²) in [5.41, 5.74) is 3.52. The summed E-state index contributed by atoms with van der Waals surface area (Å²) in [4.78, 5) is 100.0. The van der Waals surface area contributed by atoms with Crippen molar-refractivity contribution in [3.8, 4) is 0 Å². The van der Waals surface area contributed by atoms with E-state index in [1.54, 1.807) is 24.0 Å². The molecule has 2 aromatic rings. The van der Waals surface area contributed by atoms with Crippen LogP contribution in [0.25, 0.3) is 0 Å². The minimum atomic E-state index is -1.44. The van der Waals surface area contributed by atoms with Crippen LogP contribution in [0.15, 0.2) is 42.5 Å². The van der Waals surface area contributed by atoms with E-state index in [0.29, 0.717) is 57.2 Å².